The summed E-state index contributed by atoms with van der Waals surface area (Å²) in [4.78, 5) is 11.9. The van der Waals surface area contributed by atoms with Gasteiger partial charge in [-0.25, -0.2) is 0 Å². The van der Waals surface area contributed by atoms with E-state index < -0.39 is 0 Å². The van der Waals surface area contributed by atoms with Gasteiger partial charge in [0.1, 0.15) is 0 Å². The second-order valence-electron chi connectivity index (χ2n) is 11.0. The number of rotatable bonds is 26. The summed E-state index contributed by atoms with van der Waals surface area (Å²) in [6, 6.07) is 0. The Morgan fingerprint density at radius 2 is 0.879 bits per heavy atom. The molecule has 198 valence electrons. The van der Waals surface area contributed by atoms with Crippen LogP contribution in [0, 0.1) is 11.8 Å². The molecule has 0 aliphatic heterocycles. The quantitative estimate of drug-likeness (QED) is 0.126. The van der Waals surface area contributed by atoms with Crippen molar-refractivity contribution in [2.45, 2.75) is 175 Å². The van der Waals surface area contributed by atoms with Gasteiger partial charge in [0.2, 0.25) is 5.91 Å². The standard InChI is InChI=1S/C31H63NO/c1-5-7-9-11-13-16-20-24-29(3)25-21-17-15-19-23-27-30(28-31(33)32-4)26-22-18-14-12-10-8-6-2/h29-30H,5-28H2,1-4H3,(H,32,33). The summed E-state index contributed by atoms with van der Waals surface area (Å²) < 4.78 is 0. The monoisotopic (exact) mass is 465 g/mol. The number of carbonyl (C=O) groups excluding carboxylic acids is 1. The number of unbranched alkanes of at least 4 members (excludes halogenated alkanes) is 16. The Morgan fingerprint density at radius 3 is 1.24 bits per heavy atom. The van der Waals surface area contributed by atoms with E-state index in [0.717, 1.165) is 12.3 Å². The van der Waals surface area contributed by atoms with Crippen LogP contribution in [0.1, 0.15) is 175 Å². The van der Waals surface area contributed by atoms with Crippen molar-refractivity contribution in [2.75, 3.05) is 7.05 Å². The van der Waals surface area contributed by atoms with E-state index in [1.807, 2.05) is 0 Å². The van der Waals surface area contributed by atoms with Crippen LogP contribution >= 0.6 is 0 Å². The molecule has 1 N–H and O–H groups in total. The maximum absolute atomic E-state index is 11.9. The van der Waals surface area contributed by atoms with Crippen LogP contribution in [0.2, 0.25) is 0 Å². The third-order valence-corrected chi connectivity index (χ3v) is 7.58. The van der Waals surface area contributed by atoms with E-state index in [-0.39, 0.29) is 5.91 Å². The maximum atomic E-state index is 11.9. The summed E-state index contributed by atoms with van der Waals surface area (Å²) in [5.41, 5.74) is 0. The molecule has 33 heavy (non-hydrogen) atoms. The van der Waals surface area contributed by atoms with E-state index in [1.165, 1.54) is 148 Å². The molecule has 0 spiro atoms. The van der Waals surface area contributed by atoms with Crippen molar-refractivity contribution in [2.24, 2.45) is 11.8 Å². The highest BCUT2D eigenvalue weighted by molar-refractivity contribution is 5.75. The van der Waals surface area contributed by atoms with Gasteiger partial charge in [-0.2, -0.15) is 0 Å². The first-order valence-electron chi connectivity index (χ1n) is 15.3. The summed E-state index contributed by atoms with van der Waals surface area (Å²) in [5.74, 6) is 1.75. The largest absolute Gasteiger partial charge is 0.359 e. The molecule has 0 bridgehead atoms. The van der Waals surface area contributed by atoms with Crippen molar-refractivity contribution < 1.29 is 4.79 Å². The molecule has 0 rings (SSSR count). The predicted octanol–water partition coefficient (Wildman–Crippen LogP) is 10.4. The molecule has 0 aromatic carbocycles. The summed E-state index contributed by atoms with van der Waals surface area (Å²) in [6.07, 6.45) is 32.5. The Hall–Kier alpha value is -0.530. The van der Waals surface area contributed by atoms with Crippen molar-refractivity contribution >= 4 is 5.91 Å². The molecule has 2 unspecified atom stereocenters. The molecule has 2 nitrogen and oxygen atoms in total. The lowest BCUT2D eigenvalue weighted by Crippen LogP contribution is -2.21. The van der Waals surface area contributed by atoms with Crippen LogP contribution in [0.3, 0.4) is 0 Å². The Labute approximate surface area is 209 Å². The zero-order chi connectivity index (χ0) is 24.4. The number of carbonyl (C=O) groups is 1. The Balaban J connectivity index is 3.69. The zero-order valence-corrected chi connectivity index (χ0v) is 23.5. The molecule has 0 aliphatic rings. The molecule has 0 aliphatic carbocycles. The third-order valence-electron chi connectivity index (χ3n) is 7.58. The van der Waals surface area contributed by atoms with E-state index in [4.69, 9.17) is 0 Å². The highest BCUT2D eigenvalue weighted by Crippen LogP contribution is 2.23. The zero-order valence-electron chi connectivity index (χ0n) is 23.5. The molecule has 0 aromatic rings. The van der Waals surface area contributed by atoms with Crippen molar-refractivity contribution in [3.63, 3.8) is 0 Å². The summed E-state index contributed by atoms with van der Waals surface area (Å²) >= 11 is 0. The van der Waals surface area contributed by atoms with Gasteiger partial charge < -0.3 is 5.32 Å². The van der Waals surface area contributed by atoms with Gasteiger partial charge in [-0.1, -0.05) is 156 Å². The minimum Gasteiger partial charge on any atom is -0.359 e. The van der Waals surface area contributed by atoms with Gasteiger partial charge in [-0.3, -0.25) is 4.79 Å². The highest BCUT2D eigenvalue weighted by atomic mass is 16.1. The van der Waals surface area contributed by atoms with Crippen LogP contribution in [0.15, 0.2) is 0 Å². The lowest BCUT2D eigenvalue weighted by Gasteiger charge is -2.16. The SMILES string of the molecule is CCCCCCCCCC(C)CCCCCCCC(CCCCCCCCC)CC(=O)NC. The molecule has 1 amide bonds. The fourth-order valence-electron chi connectivity index (χ4n) is 5.15. The van der Waals surface area contributed by atoms with Crippen LogP contribution in [-0.4, -0.2) is 13.0 Å². The minimum atomic E-state index is 0.234. The van der Waals surface area contributed by atoms with Gasteiger partial charge >= 0.3 is 0 Å². The second kappa shape index (κ2) is 26.1. The van der Waals surface area contributed by atoms with E-state index in [0.29, 0.717) is 5.92 Å². The summed E-state index contributed by atoms with van der Waals surface area (Å²) in [7, 11) is 1.78. The topological polar surface area (TPSA) is 29.1 Å². The van der Waals surface area contributed by atoms with Gasteiger partial charge in [0.25, 0.3) is 0 Å². The van der Waals surface area contributed by atoms with Crippen LogP contribution < -0.4 is 5.32 Å². The molecule has 0 heterocycles. The van der Waals surface area contributed by atoms with Crippen molar-refractivity contribution in [1.82, 2.24) is 5.32 Å². The first-order chi connectivity index (χ1) is 16.1. The van der Waals surface area contributed by atoms with Gasteiger partial charge in [-0.15, -0.1) is 0 Å². The normalized spacial score (nSPS) is 13.2. The lowest BCUT2D eigenvalue weighted by molar-refractivity contribution is -0.121. The van der Waals surface area contributed by atoms with Gasteiger partial charge in [-0.05, 0) is 24.7 Å². The molecular formula is C31H63NO. The van der Waals surface area contributed by atoms with Crippen molar-refractivity contribution in [3.05, 3.63) is 0 Å². The molecule has 0 saturated heterocycles. The Morgan fingerprint density at radius 1 is 0.545 bits per heavy atom. The lowest BCUT2D eigenvalue weighted by atomic mass is 9.91. The number of hydrogen-bond donors (Lipinski definition) is 1. The highest BCUT2D eigenvalue weighted by Gasteiger charge is 2.13. The van der Waals surface area contributed by atoms with Crippen LogP contribution in [0.5, 0.6) is 0 Å². The first kappa shape index (κ1) is 32.5. The fraction of sp³-hybridized carbons (Fsp3) is 0.968. The van der Waals surface area contributed by atoms with Gasteiger partial charge in [0, 0.05) is 13.5 Å². The Kier molecular flexibility index (Phi) is 25.7. The number of hydrogen-bond acceptors (Lipinski definition) is 1. The van der Waals surface area contributed by atoms with E-state index in [1.54, 1.807) is 7.05 Å². The van der Waals surface area contributed by atoms with Crippen LogP contribution in [0.4, 0.5) is 0 Å². The molecule has 2 heteroatoms. The molecule has 0 saturated carbocycles. The van der Waals surface area contributed by atoms with Crippen molar-refractivity contribution in [3.8, 4) is 0 Å². The van der Waals surface area contributed by atoms with Crippen LogP contribution in [0.25, 0.3) is 0 Å². The van der Waals surface area contributed by atoms with Gasteiger partial charge in [0.15, 0.2) is 0 Å². The summed E-state index contributed by atoms with van der Waals surface area (Å²) in [6.45, 7) is 7.04. The van der Waals surface area contributed by atoms with Crippen molar-refractivity contribution in [1.29, 1.82) is 0 Å². The third kappa shape index (κ3) is 24.4. The average Bonchev–Trinajstić information content (AvgIpc) is 2.81. The van der Waals surface area contributed by atoms with E-state index in [9.17, 15) is 4.79 Å². The molecule has 0 radical (unpaired) electrons. The average molecular weight is 466 g/mol. The minimum absolute atomic E-state index is 0.234. The Bertz CT molecular complexity index is 394. The molecule has 0 aromatic heterocycles. The number of nitrogens with one attached hydrogen (secondary N) is 1. The smallest absolute Gasteiger partial charge is 0.220 e. The van der Waals surface area contributed by atoms with E-state index in [2.05, 4.69) is 26.1 Å². The molecule has 0 fully saturated rings. The first-order valence-corrected chi connectivity index (χ1v) is 15.3. The number of amides is 1. The fourth-order valence-corrected chi connectivity index (χ4v) is 5.15. The van der Waals surface area contributed by atoms with Crippen LogP contribution in [-0.2, 0) is 4.79 Å². The summed E-state index contributed by atoms with van der Waals surface area (Å²) in [5, 5.41) is 2.84. The molecular weight excluding hydrogens is 402 g/mol. The molecule has 2 atom stereocenters. The maximum Gasteiger partial charge on any atom is 0.220 e. The second-order valence-corrected chi connectivity index (χ2v) is 11.0. The predicted molar refractivity (Wildman–Crippen MR) is 149 cm³/mol. The van der Waals surface area contributed by atoms with E-state index >= 15 is 0 Å². The van der Waals surface area contributed by atoms with Gasteiger partial charge in [0.05, 0.1) is 0 Å².